The monoisotopic (exact) mass is 340 g/mol. The Hall–Kier alpha value is -2.89. The molecule has 2 rings (SSSR count). The maximum absolute atomic E-state index is 12.4. The van der Waals surface area contributed by atoms with Crippen LogP contribution in [0, 0.1) is 5.92 Å². The molecule has 1 aromatic heterocycles. The van der Waals surface area contributed by atoms with E-state index in [9.17, 15) is 9.59 Å². The third kappa shape index (κ3) is 5.04. The Kier molecular flexibility index (Phi) is 6.11. The van der Waals surface area contributed by atoms with E-state index in [0.717, 1.165) is 5.69 Å². The van der Waals surface area contributed by atoms with E-state index in [4.69, 9.17) is 0 Å². The van der Waals surface area contributed by atoms with Gasteiger partial charge in [-0.25, -0.2) is 4.79 Å². The Morgan fingerprint density at radius 2 is 1.84 bits per heavy atom. The second-order valence-corrected chi connectivity index (χ2v) is 6.36. The summed E-state index contributed by atoms with van der Waals surface area (Å²) >= 11 is 0. The fourth-order valence-corrected chi connectivity index (χ4v) is 2.44. The van der Waals surface area contributed by atoms with Crippen molar-refractivity contribution in [3.8, 4) is 0 Å². The van der Waals surface area contributed by atoms with Gasteiger partial charge in [-0.15, -0.1) is 0 Å². The van der Waals surface area contributed by atoms with Gasteiger partial charge >= 0.3 is 6.03 Å². The van der Waals surface area contributed by atoms with Crippen molar-refractivity contribution in [1.29, 1.82) is 0 Å². The molecule has 0 aliphatic rings. The average Bonchev–Trinajstić information content (AvgIpc) is 2.59. The topological polar surface area (TPSA) is 74.3 Å². The third-order valence-electron chi connectivity index (χ3n) is 3.73. The first-order chi connectivity index (χ1) is 11.9. The van der Waals surface area contributed by atoms with Crippen LogP contribution in [0.25, 0.3) is 0 Å². The molecule has 0 saturated heterocycles. The maximum atomic E-state index is 12.4. The Morgan fingerprint density at radius 1 is 1.08 bits per heavy atom. The number of hydrogen-bond donors (Lipinski definition) is 2. The molecule has 0 aliphatic heterocycles. The predicted octanol–water partition coefficient (Wildman–Crippen LogP) is 3.30. The number of pyridine rings is 1. The van der Waals surface area contributed by atoms with Crippen molar-refractivity contribution in [2.45, 2.75) is 19.9 Å². The van der Waals surface area contributed by atoms with E-state index in [-0.39, 0.29) is 23.9 Å². The van der Waals surface area contributed by atoms with Gasteiger partial charge < -0.3 is 15.5 Å². The molecule has 0 aliphatic carbocycles. The molecule has 25 heavy (non-hydrogen) atoms. The van der Waals surface area contributed by atoms with Crippen LogP contribution in [-0.4, -0.2) is 35.9 Å². The molecule has 1 unspecified atom stereocenters. The van der Waals surface area contributed by atoms with Crippen molar-refractivity contribution in [2.75, 3.05) is 19.4 Å². The number of hydrogen-bond acceptors (Lipinski definition) is 3. The lowest BCUT2D eigenvalue weighted by Gasteiger charge is -2.22. The zero-order valence-electron chi connectivity index (χ0n) is 15.0. The summed E-state index contributed by atoms with van der Waals surface area (Å²) < 4.78 is 0. The second-order valence-electron chi connectivity index (χ2n) is 6.36. The van der Waals surface area contributed by atoms with Crippen molar-refractivity contribution in [3.05, 3.63) is 59.9 Å². The summed E-state index contributed by atoms with van der Waals surface area (Å²) in [6.07, 6.45) is 1.71. The highest BCUT2D eigenvalue weighted by Crippen LogP contribution is 2.20. The first-order valence-corrected chi connectivity index (χ1v) is 8.18. The number of nitrogens with zero attached hydrogens (tertiary/aromatic N) is 2. The largest absolute Gasteiger partial charge is 0.345 e. The number of urea groups is 1. The molecule has 6 nitrogen and oxygen atoms in total. The number of carbonyl (C=O) groups is 2. The van der Waals surface area contributed by atoms with Crippen molar-refractivity contribution >= 4 is 17.6 Å². The van der Waals surface area contributed by atoms with Gasteiger partial charge in [-0.2, -0.15) is 0 Å². The zero-order chi connectivity index (χ0) is 18.4. The molecule has 1 aromatic carbocycles. The van der Waals surface area contributed by atoms with Gasteiger partial charge in [-0.05, 0) is 36.2 Å². The Labute approximate surface area is 148 Å². The van der Waals surface area contributed by atoms with Crippen LogP contribution in [0.4, 0.5) is 10.5 Å². The quantitative estimate of drug-likeness (QED) is 0.877. The molecule has 0 saturated carbocycles. The summed E-state index contributed by atoms with van der Waals surface area (Å²) in [5.41, 5.74) is 1.89. The summed E-state index contributed by atoms with van der Waals surface area (Å²) in [6.45, 7) is 4.05. The van der Waals surface area contributed by atoms with E-state index in [1.165, 1.54) is 4.90 Å². The minimum absolute atomic E-state index is 0.113. The molecular formula is C19H24N4O2. The molecule has 0 fully saturated rings. The number of benzene rings is 1. The highest BCUT2D eigenvalue weighted by Gasteiger charge is 2.19. The first-order valence-electron chi connectivity index (χ1n) is 8.18. The van der Waals surface area contributed by atoms with Crippen LogP contribution >= 0.6 is 0 Å². The second kappa shape index (κ2) is 8.28. The fourth-order valence-electron chi connectivity index (χ4n) is 2.44. The molecular weight excluding hydrogens is 316 g/mol. The van der Waals surface area contributed by atoms with Crippen LogP contribution < -0.4 is 10.6 Å². The van der Waals surface area contributed by atoms with Crippen LogP contribution in [0.3, 0.4) is 0 Å². The molecule has 0 radical (unpaired) electrons. The van der Waals surface area contributed by atoms with Gasteiger partial charge in [0.05, 0.1) is 11.7 Å². The number of carbonyl (C=O) groups excluding carboxylic acids is 2. The van der Waals surface area contributed by atoms with Crippen LogP contribution in [-0.2, 0) is 0 Å². The van der Waals surface area contributed by atoms with E-state index >= 15 is 0 Å². The predicted molar refractivity (Wildman–Crippen MR) is 98.4 cm³/mol. The lowest BCUT2D eigenvalue weighted by Crippen LogP contribution is -2.35. The van der Waals surface area contributed by atoms with Crippen molar-refractivity contribution in [1.82, 2.24) is 15.2 Å². The summed E-state index contributed by atoms with van der Waals surface area (Å²) in [7, 11) is 3.38. The van der Waals surface area contributed by atoms with Gasteiger partial charge in [-0.3, -0.25) is 9.78 Å². The normalized spacial score (nSPS) is 11.7. The van der Waals surface area contributed by atoms with E-state index < -0.39 is 0 Å². The lowest BCUT2D eigenvalue weighted by atomic mass is 10.0. The van der Waals surface area contributed by atoms with Crippen LogP contribution in [0.15, 0.2) is 48.7 Å². The first kappa shape index (κ1) is 18.4. The molecule has 2 aromatic rings. The van der Waals surface area contributed by atoms with Crippen molar-refractivity contribution in [2.24, 2.45) is 5.92 Å². The van der Waals surface area contributed by atoms with Crippen LogP contribution in [0.5, 0.6) is 0 Å². The molecule has 2 N–H and O–H groups in total. The fraction of sp³-hybridized carbons (Fsp3) is 0.316. The van der Waals surface area contributed by atoms with E-state index in [2.05, 4.69) is 15.6 Å². The molecule has 3 amide bonds. The third-order valence-corrected chi connectivity index (χ3v) is 3.73. The van der Waals surface area contributed by atoms with Gasteiger partial charge in [0.1, 0.15) is 0 Å². The summed E-state index contributed by atoms with van der Waals surface area (Å²) in [4.78, 5) is 30.2. The molecule has 1 heterocycles. The molecule has 0 bridgehead atoms. The van der Waals surface area contributed by atoms with Gasteiger partial charge in [0, 0.05) is 31.5 Å². The highest BCUT2D eigenvalue weighted by atomic mass is 16.2. The van der Waals surface area contributed by atoms with Gasteiger partial charge in [0.2, 0.25) is 0 Å². The zero-order valence-corrected chi connectivity index (χ0v) is 15.0. The summed E-state index contributed by atoms with van der Waals surface area (Å²) in [5, 5.41) is 5.73. The minimum Gasteiger partial charge on any atom is -0.345 e. The number of nitrogens with one attached hydrogen (secondary N) is 2. The summed E-state index contributed by atoms with van der Waals surface area (Å²) in [5.74, 6) is 0.0694. The minimum atomic E-state index is -0.334. The van der Waals surface area contributed by atoms with E-state index in [0.29, 0.717) is 11.3 Å². The number of anilines is 1. The smallest absolute Gasteiger partial charge is 0.319 e. The van der Waals surface area contributed by atoms with Crippen LogP contribution in [0.2, 0.25) is 0 Å². The standard InChI is InChI=1S/C19H24N4O2/c1-13(2)17(16-10-5-6-11-20-16)22-19(25)21-15-9-7-8-14(12-15)18(24)23(3)4/h5-13,17H,1-4H3,(H2,21,22,25). The average molecular weight is 340 g/mol. The lowest BCUT2D eigenvalue weighted by molar-refractivity contribution is 0.0827. The van der Waals surface area contributed by atoms with Gasteiger partial charge in [0.25, 0.3) is 5.91 Å². The van der Waals surface area contributed by atoms with Gasteiger partial charge in [0.15, 0.2) is 0 Å². The Balaban J connectivity index is 2.09. The molecule has 1 atom stereocenters. The Morgan fingerprint density at radius 3 is 2.44 bits per heavy atom. The van der Waals surface area contributed by atoms with Crippen LogP contribution in [0.1, 0.15) is 35.9 Å². The molecule has 6 heteroatoms. The molecule has 0 spiro atoms. The van der Waals surface area contributed by atoms with Crippen molar-refractivity contribution < 1.29 is 9.59 Å². The molecule has 132 valence electrons. The van der Waals surface area contributed by atoms with E-state index in [1.807, 2.05) is 32.0 Å². The number of aromatic nitrogens is 1. The summed E-state index contributed by atoms with van der Waals surface area (Å²) in [6, 6.07) is 12.0. The number of rotatable bonds is 5. The van der Waals surface area contributed by atoms with E-state index in [1.54, 1.807) is 44.6 Å². The Bertz CT molecular complexity index is 729. The number of amides is 3. The van der Waals surface area contributed by atoms with Crippen molar-refractivity contribution in [3.63, 3.8) is 0 Å². The SMILES string of the molecule is CC(C)C(NC(=O)Nc1cccc(C(=O)N(C)C)c1)c1ccccn1. The maximum Gasteiger partial charge on any atom is 0.319 e. The van der Waals surface area contributed by atoms with Gasteiger partial charge in [-0.1, -0.05) is 26.0 Å². The highest BCUT2D eigenvalue weighted by molar-refractivity contribution is 5.96.